The minimum atomic E-state index is -0.375. The number of benzene rings is 1. The molecule has 1 N–H and O–H groups in total. The molecule has 0 unspecified atom stereocenters. The first-order valence-corrected chi connectivity index (χ1v) is 9.12. The van der Waals surface area contributed by atoms with Gasteiger partial charge in [-0.05, 0) is 36.3 Å². The van der Waals surface area contributed by atoms with Crippen LogP contribution in [0.15, 0.2) is 36.5 Å². The van der Waals surface area contributed by atoms with Crippen LogP contribution in [-0.2, 0) is 21.3 Å². The second kappa shape index (κ2) is 5.17. The average molecular weight is 324 g/mol. The quantitative estimate of drug-likeness (QED) is 0.874. The van der Waals surface area contributed by atoms with Gasteiger partial charge in [-0.15, -0.1) is 0 Å². The molecule has 1 aromatic heterocycles. The Labute approximate surface area is 142 Å². The lowest BCUT2D eigenvalue weighted by molar-refractivity contribution is -0.232. The molecule has 2 fully saturated rings. The summed E-state index contributed by atoms with van der Waals surface area (Å²) in [5, 5.41) is 7.76. The molecule has 2 heterocycles. The van der Waals surface area contributed by atoms with E-state index < -0.39 is 0 Å². The third-order valence-corrected chi connectivity index (χ3v) is 6.75. The molecule has 3 aliphatic rings. The van der Waals surface area contributed by atoms with Crippen LogP contribution in [0.5, 0.6) is 0 Å². The fourth-order valence-corrected chi connectivity index (χ4v) is 5.64. The van der Waals surface area contributed by atoms with Crippen molar-refractivity contribution in [3.63, 3.8) is 0 Å². The minimum Gasteiger partial charge on any atom is -0.347 e. The van der Waals surface area contributed by atoms with Gasteiger partial charge in [-0.25, -0.2) is 0 Å². The maximum atomic E-state index is 6.14. The molecule has 5 rings (SSSR count). The van der Waals surface area contributed by atoms with E-state index in [1.807, 2.05) is 6.20 Å². The Morgan fingerprint density at radius 1 is 1.12 bits per heavy atom. The highest BCUT2D eigenvalue weighted by Crippen LogP contribution is 2.59. The van der Waals surface area contributed by atoms with Gasteiger partial charge in [-0.3, -0.25) is 5.10 Å². The standard InChI is InChI=1S/C20H24N2O2/c1-14-17-8-7-15-13-21-22-18(15)19(17,16-5-3-2-4-6-16)9-10-20(14)23-11-12-24-20/h2-6,13-14,17H,7-12H2,1H3,(H,21,22)/t14-,17-,19+/m0/s1. The highest BCUT2D eigenvalue weighted by molar-refractivity contribution is 5.43. The van der Waals surface area contributed by atoms with Crippen molar-refractivity contribution in [1.29, 1.82) is 0 Å². The zero-order valence-corrected chi connectivity index (χ0v) is 14.1. The van der Waals surface area contributed by atoms with Gasteiger partial charge >= 0.3 is 0 Å². The van der Waals surface area contributed by atoms with Gasteiger partial charge in [0.05, 0.1) is 19.4 Å². The van der Waals surface area contributed by atoms with Gasteiger partial charge in [0.15, 0.2) is 5.79 Å². The van der Waals surface area contributed by atoms with E-state index in [9.17, 15) is 0 Å². The molecule has 24 heavy (non-hydrogen) atoms. The molecule has 2 aliphatic carbocycles. The van der Waals surface area contributed by atoms with E-state index in [2.05, 4.69) is 47.5 Å². The maximum Gasteiger partial charge on any atom is 0.171 e. The Balaban J connectivity index is 1.68. The van der Waals surface area contributed by atoms with Crippen LogP contribution >= 0.6 is 0 Å². The smallest absolute Gasteiger partial charge is 0.171 e. The van der Waals surface area contributed by atoms with Crippen LogP contribution in [0, 0.1) is 11.8 Å². The number of nitrogens with zero attached hydrogens (tertiary/aromatic N) is 1. The Hall–Kier alpha value is -1.65. The first kappa shape index (κ1) is 14.7. The highest BCUT2D eigenvalue weighted by atomic mass is 16.7. The first-order valence-electron chi connectivity index (χ1n) is 9.12. The number of nitrogens with one attached hydrogen (secondary N) is 1. The molecule has 1 aromatic carbocycles. The molecule has 1 saturated carbocycles. The molecule has 126 valence electrons. The van der Waals surface area contributed by atoms with E-state index in [1.54, 1.807) is 0 Å². The van der Waals surface area contributed by atoms with Crippen molar-refractivity contribution in [3.8, 4) is 0 Å². The number of H-pyrrole nitrogens is 1. The molecule has 1 spiro atoms. The highest BCUT2D eigenvalue weighted by Gasteiger charge is 2.59. The monoisotopic (exact) mass is 324 g/mol. The van der Waals surface area contributed by atoms with Crippen molar-refractivity contribution in [3.05, 3.63) is 53.3 Å². The van der Waals surface area contributed by atoms with Crippen LogP contribution in [0.3, 0.4) is 0 Å². The lowest BCUT2D eigenvalue weighted by Crippen LogP contribution is -2.56. The summed E-state index contributed by atoms with van der Waals surface area (Å²) in [7, 11) is 0. The van der Waals surface area contributed by atoms with Crippen LogP contribution < -0.4 is 0 Å². The molecular formula is C20H24N2O2. The second-order valence-corrected chi connectivity index (χ2v) is 7.55. The summed E-state index contributed by atoms with van der Waals surface area (Å²) in [5.74, 6) is 0.491. The van der Waals surface area contributed by atoms with Gasteiger partial charge in [-0.1, -0.05) is 37.3 Å². The molecule has 0 radical (unpaired) electrons. The van der Waals surface area contributed by atoms with Crippen molar-refractivity contribution in [2.75, 3.05) is 13.2 Å². The lowest BCUT2D eigenvalue weighted by Gasteiger charge is -2.55. The summed E-state index contributed by atoms with van der Waals surface area (Å²) < 4.78 is 12.3. The average Bonchev–Trinajstić information content (AvgIpc) is 3.29. The van der Waals surface area contributed by atoms with Crippen LogP contribution in [0.25, 0.3) is 0 Å². The number of hydrogen-bond donors (Lipinski definition) is 1. The van der Waals surface area contributed by atoms with Crippen molar-refractivity contribution in [1.82, 2.24) is 10.2 Å². The van der Waals surface area contributed by atoms with E-state index in [0.29, 0.717) is 11.8 Å². The van der Waals surface area contributed by atoms with E-state index in [-0.39, 0.29) is 11.2 Å². The lowest BCUT2D eigenvalue weighted by atomic mass is 9.52. The Bertz CT molecular complexity index is 735. The Morgan fingerprint density at radius 3 is 2.71 bits per heavy atom. The number of aromatic amines is 1. The third-order valence-electron chi connectivity index (χ3n) is 6.75. The molecule has 2 aromatic rings. The van der Waals surface area contributed by atoms with Crippen LogP contribution in [0.4, 0.5) is 0 Å². The van der Waals surface area contributed by atoms with E-state index in [4.69, 9.17) is 9.47 Å². The summed E-state index contributed by atoms with van der Waals surface area (Å²) in [6.45, 7) is 3.78. The molecule has 0 amide bonds. The van der Waals surface area contributed by atoms with Gasteiger partial charge in [0.2, 0.25) is 0 Å². The van der Waals surface area contributed by atoms with Gasteiger partial charge in [-0.2, -0.15) is 5.10 Å². The SMILES string of the molecule is C[C@H]1[C@@H]2CCc3cn[nH]c3[C@@]2(c2ccccc2)CCC12OCCO2. The third kappa shape index (κ3) is 1.78. The molecule has 4 nitrogen and oxygen atoms in total. The van der Waals surface area contributed by atoms with E-state index in [1.165, 1.54) is 16.8 Å². The number of hydrogen-bond acceptors (Lipinski definition) is 3. The molecule has 0 bridgehead atoms. The van der Waals surface area contributed by atoms with Crippen LogP contribution in [0.1, 0.15) is 43.0 Å². The number of ether oxygens (including phenoxy) is 2. The molecular weight excluding hydrogens is 300 g/mol. The van der Waals surface area contributed by atoms with Crippen molar-refractivity contribution in [2.45, 2.75) is 43.8 Å². The second-order valence-electron chi connectivity index (χ2n) is 7.55. The Kier molecular flexibility index (Phi) is 3.16. The summed E-state index contributed by atoms with van der Waals surface area (Å²) in [4.78, 5) is 0. The van der Waals surface area contributed by atoms with E-state index in [0.717, 1.165) is 38.9 Å². The minimum absolute atomic E-state index is 0.00528. The van der Waals surface area contributed by atoms with Crippen LogP contribution in [-0.4, -0.2) is 29.2 Å². The fourth-order valence-electron chi connectivity index (χ4n) is 5.64. The Morgan fingerprint density at radius 2 is 1.92 bits per heavy atom. The predicted octanol–water partition coefficient (Wildman–Crippen LogP) is 3.43. The topological polar surface area (TPSA) is 47.1 Å². The molecule has 4 heteroatoms. The van der Waals surface area contributed by atoms with Gasteiger partial charge in [0, 0.05) is 23.4 Å². The predicted molar refractivity (Wildman–Crippen MR) is 90.7 cm³/mol. The number of aryl methyl sites for hydroxylation is 1. The molecule has 3 atom stereocenters. The molecule has 1 saturated heterocycles. The van der Waals surface area contributed by atoms with Crippen molar-refractivity contribution < 1.29 is 9.47 Å². The van der Waals surface area contributed by atoms with Crippen molar-refractivity contribution in [2.24, 2.45) is 11.8 Å². The fraction of sp³-hybridized carbons (Fsp3) is 0.550. The van der Waals surface area contributed by atoms with Gasteiger partial charge in [0.25, 0.3) is 0 Å². The van der Waals surface area contributed by atoms with Crippen LogP contribution in [0.2, 0.25) is 0 Å². The zero-order valence-electron chi connectivity index (χ0n) is 14.1. The van der Waals surface area contributed by atoms with Gasteiger partial charge < -0.3 is 9.47 Å². The maximum absolute atomic E-state index is 6.14. The zero-order chi connectivity index (χ0) is 16.2. The van der Waals surface area contributed by atoms with E-state index >= 15 is 0 Å². The summed E-state index contributed by atoms with van der Waals surface area (Å²) in [5.41, 5.74) is 4.11. The number of fused-ring (bicyclic) bond motifs is 3. The molecule has 1 aliphatic heterocycles. The normalized spacial score (nSPS) is 34.0. The summed E-state index contributed by atoms with van der Waals surface area (Å²) in [6.07, 6.45) is 6.26. The number of rotatable bonds is 1. The number of aromatic nitrogens is 2. The first-order chi connectivity index (χ1) is 11.8. The van der Waals surface area contributed by atoms with Gasteiger partial charge in [0.1, 0.15) is 0 Å². The summed E-state index contributed by atoms with van der Waals surface area (Å²) in [6, 6.07) is 11.0. The summed E-state index contributed by atoms with van der Waals surface area (Å²) >= 11 is 0. The van der Waals surface area contributed by atoms with Crippen molar-refractivity contribution >= 4 is 0 Å². The largest absolute Gasteiger partial charge is 0.347 e.